The van der Waals surface area contributed by atoms with Gasteiger partial charge in [0.25, 0.3) is 0 Å². The van der Waals surface area contributed by atoms with Gasteiger partial charge >= 0.3 is 0 Å². The zero-order chi connectivity index (χ0) is 32.8. The zero-order valence-electron chi connectivity index (χ0n) is 28.7. The van der Waals surface area contributed by atoms with Gasteiger partial charge in [-0.2, -0.15) is 4.98 Å². The lowest BCUT2D eigenvalue weighted by molar-refractivity contribution is -0.0551. The lowest BCUT2D eigenvalue weighted by atomic mass is 9.54. The number of hydrogen-bond donors (Lipinski definition) is 1. The van der Waals surface area contributed by atoms with E-state index in [4.69, 9.17) is 16.6 Å². The minimum atomic E-state index is -0.399. The molecule has 0 saturated heterocycles. The lowest BCUT2D eigenvalue weighted by Crippen LogP contribution is -2.54. The minimum absolute atomic E-state index is 0.331. The average molecular weight is 658 g/mol. The molecule has 1 spiro atoms. The van der Waals surface area contributed by atoms with E-state index in [1.807, 2.05) is 6.20 Å². The van der Waals surface area contributed by atoms with Crippen LogP contribution in [0.25, 0.3) is 22.2 Å². The van der Waals surface area contributed by atoms with E-state index in [0.29, 0.717) is 22.7 Å². The van der Waals surface area contributed by atoms with Crippen molar-refractivity contribution in [1.29, 1.82) is 0 Å². The van der Waals surface area contributed by atoms with E-state index >= 15 is 0 Å². The molecule has 0 amide bonds. The average Bonchev–Trinajstić information content (AvgIpc) is 3.41. The van der Waals surface area contributed by atoms with Crippen molar-refractivity contribution < 1.29 is 4.39 Å². The topological polar surface area (TPSA) is 46.0 Å². The summed E-state index contributed by atoms with van der Waals surface area (Å²) in [6.45, 7) is 9.47. The van der Waals surface area contributed by atoms with Gasteiger partial charge in [0, 0.05) is 46.1 Å². The molecule has 2 heterocycles. The van der Waals surface area contributed by atoms with E-state index in [1.54, 1.807) is 6.07 Å². The molecule has 2 aromatic heterocycles. The second kappa shape index (κ2) is 15.5. The maximum atomic E-state index is 13.8. The van der Waals surface area contributed by atoms with Crippen LogP contribution in [-0.4, -0.2) is 38.6 Å². The third-order valence-electron chi connectivity index (χ3n) is 10.9. The number of nitrogens with zero attached hydrogens (tertiary/aromatic N) is 4. The molecule has 0 unspecified atom stereocenters. The van der Waals surface area contributed by atoms with Crippen LogP contribution in [0.2, 0.25) is 5.02 Å². The number of anilines is 2. The summed E-state index contributed by atoms with van der Waals surface area (Å²) in [6.07, 6.45) is 22.9. The normalized spacial score (nSPS) is 17.7. The highest BCUT2D eigenvalue weighted by molar-refractivity contribution is 6.30. The van der Waals surface area contributed by atoms with Crippen molar-refractivity contribution in [3.63, 3.8) is 0 Å². The van der Waals surface area contributed by atoms with Gasteiger partial charge in [-0.25, -0.2) is 9.37 Å². The van der Waals surface area contributed by atoms with Crippen molar-refractivity contribution in [3.8, 4) is 11.1 Å². The van der Waals surface area contributed by atoms with Crippen LogP contribution in [0.4, 0.5) is 16.0 Å². The van der Waals surface area contributed by atoms with Gasteiger partial charge in [0.2, 0.25) is 5.95 Å². The van der Waals surface area contributed by atoms with Gasteiger partial charge in [0.05, 0.1) is 0 Å². The Morgan fingerprint density at radius 2 is 1.72 bits per heavy atom. The Kier molecular flexibility index (Phi) is 11.2. The molecule has 2 aromatic carbocycles. The second-order valence-electron chi connectivity index (χ2n) is 14.3. The Hall–Kier alpha value is -2.96. The molecule has 3 aliphatic carbocycles. The molecule has 7 rings (SSSR count). The number of rotatable bonds is 11. The first-order valence-electron chi connectivity index (χ1n) is 18.3. The summed E-state index contributed by atoms with van der Waals surface area (Å²) in [5.74, 6) is 0.0340. The van der Waals surface area contributed by atoms with E-state index in [9.17, 15) is 4.39 Å². The number of fused-ring (bicyclic) bond motifs is 1. The summed E-state index contributed by atoms with van der Waals surface area (Å²) >= 11 is 6.01. The first kappa shape index (κ1) is 33.9. The number of halogens is 2. The van der Waals surface area contributed by atoms with Gasteiger partial charge < -0.3 is 14.8 Å². The van der Waals surface area contributed by atoms with E-state index in [1.165, 1.54) is 107 Å². The first-order valence-corrected chi connectivity index (χ1v) is 18.7. The van der Waals surface area contributed by atoms with Crippen molar-refractivity contribution in [2.75, 3.05) is 18.4 Å². The quantitative estimate of drug-likeness (QED) is 0.174. The molecule has 0 aliphatic heterocycles. The molecule has 4 aromatic rings. The predicted octanol–water partition coefficient (Wildman–Crippen LogP) is 11.5. The Bertz CT molecular complexity index is 1580. The second-order valence-corrected chi connectivity index (χ2v) is 14.7. The fraction of sp³-hybridized carbons (Fsp3) is 0.550. The standard InChI is InChI=1S/C26H26ClFN4.C14H27N/c1-2-17-8-10-18(11-9-17)24-16-32(22-6-4-3-5-7-22)25-23(24)15-29-26(31-25)30-21-13-19(27)12-20(28)14-21;1-3-5-10-15(9-4-2)13-11-14(12-13)7-6-8-14/h8-16,22H,2-7H2,1H3,(H,29,30,31);13H,3-12H2,1-2H3. The number of nitrogens with one attached hydrogen (secondary N) is 1. The van der Waals surface area contributed by atoms with Crippen molar-refractivity contribution in [2.24, 2.45) is 5.41 Å². The Labute approximate surface area is 286 Å². The Balaban J connectivity index is 0.000000215. The summed E-state index contributed by atoms with van der Waals surface area (Å²) in [5.41, 5.74) is 5.92. The SMILES string of the molecule is CCCCN(CCC)C1CC2(CCC2)C1.CCc1ccc(-c2cn(C3CCCCC3)c3nc(Nc4cc(F)cc(Cl)c4)ncc23)cc1. The smallest absolute Gasteiger partial charge is 0.229 e. The van der Waals surface area contributed by atoms with Crippen molar-refractivity contribution in [1.82, 2.24) is 19.4 Å². The third-order valence-corrected chi connectivity index (χ3v) is 11.1. The monoisotopic (exact) mass is 657 g/mol. The Morgan fingerprint density at radius 1 is 0.957 bits per heavy atom. The maximum absolute atomic E-state index is 13.8. The van der Waals surface area contributed by atoms with E-state index < -0.39 is 5.82 Å². The molecule has 7 heteroatoms. The molecule has 0 atom stereocenters. The van der Waals surface area contributed by atoms with Crippen LogP contribution in [0.3, 0.4) is 0 Å². The molecule has 252 valence electrons. The molecule has 0 bridgehead atoms. The molecule has 1 N–H and O–H groups in total. The number of unbranched alkanes of at least 4 members (excludes halogenated alkanes) is 1. The summed E-state index contributed by atoms with van der Waals surface area (Å²) in [5, 5.41) is 4.47. The highest BCUT2D eigenvalue weighted by Gasteiger charge is 2.49. The Morgan fingerprint density at radius 3 is 2.36 bits per heavy atom. The molecule has 0 radical (unpaired) electrons. The number of aromatic nitrogens is 3. The van der Waals surface area contributed by atoms with Crippen LogP contribution < -0.4 is 5.32 Å². The summed E-state index contributed by atoms with van der Waals surface area (Å²) in [4.78, 5) is 12.2. The molecule has 3 fully saturated rings. The molecular formula is C40H53ClFN5. The van der Waals surface area contributed by atoms with Gasteiger partial charge in [-0.15, -0.1) is 0 Å². The molecular weight excluding hydrogens is 605 g/mol. The number of aryl methyl sites for hydroxylation is 1. The maximum Gasteiger partial charge on any atom is 0.229 e. The molecule has 5 nitrogen and oxygen atoms in total. The van der Waals surface area contributed by atoms with Crippen LogP contribution in [0.5, 0.6) is 0 Å². The predicted molar refractivity (Wildman–Crippen MR) is 195 cm³/mol. The van der Waals surface area contributed by atoms with Gasteiger partial charge in [0.15, 0.2) is 0 Å². The van der Waals surface area contributed by atoms with Crippen LogP contribution in [0.1, 0.15) is 116 Å². The van der Waals surface area contributed by atoms with Gasteiger partial charge in [0.1, 0.15) is 11.5 Å². The molecule has 47 heavy (non-hydrogen) atoms. The van der Waals surface area contributed by atoms with Crippen LogP contribution >= 0.6 is 11.6 Å². The largest absolute Gasteiger partial charge is 0.329 e. The molecule has 3 saturated carbocycles. The van der Waals surface area contributed by atoms with Crippen molar-refractivity contribution in [2.45, 2.75) is 123 Å². The van der Waals surface area contributed by atoms with Gasteiger partial charge in [-0.05, 0) is 106 Å². The lowest BCUT2D eigenvalue weighted by Gasteiger charge is -2.57. The number of benzene rings is 2. The van der Waals surface area contributed by atoms with Crippen LogP contribution in [0, 0.1) is 11.2 Å². The fourth-order valence-corrected chi connectivity index (χ4v) is 8.26. The summed E-state index contributed by atoms with van der Waals surface area (Å²) in [7, 11) is 0. The van der Waals surface area contributed by atoms with Crippen LogP contribution in [-0.2, 0) is 6.42 Å². The van der Waals surface area contributed by atoms with Crippen LogP contribution in [0.15, 0.2) is 54.9 Å². The van der Waals surface area contributed by atoms with E-state index in [-0.39, 0.29) is 0 Å². The third kappa shape index (κ3) is 8.03. The fourth-order valence-electron chi connectivity index (χ4n) is 8.04. The van der Waals surface area contributed by atoms with Crippen molar-refractivity contribution >= 4 is 34.3 Å². The van der Waals surface area contributed by atoms with Gasteiger partial charge in [-0.1, -0.05) is 88.7 Å². The highest BCUT2D eigenvalue weighted by Crippen LogP contribution is 2.57. The van der Waals surface area contributed by atoms with E-state index in [0.717, 1.165) is 47.3 Å². The van der Waals surface area contributed by atoms with E-state index in [2.05, 4.69) is 71.0 Å². The summed E-state index contributed by atoms with van der Waals surface area (Å²) in [6, 6.07) is 14.4. The zero-order valence-corrected chi connectivity index (χ0v) is 29.5. The van der Waals surface area contributed by atoms with Crippen molar-refractivity contribution in [3.05, 3.63) is 71.3 Å². The first-order chi connectivity index (χ1) is 22.9. The number of hydrogen-bond acceptors (Lipinski definition) is 4. The highest BCUT2D eigenvalue weighted by atomic mass is 35.5. The summed E-state index contributed by atoms with van der Waals surface area (Å²) < 4.78 is 16.1. The molecule has 3 aliphatic rings. The van der Waals surface area contributed by atoms with Gasteiger partial charge in [-0.3, -0.25) is 0 Å². The minimum Gasteiger partial charge on any atom is -0.329 e.